The summed E-state index contributed by atoms with van der Waals surface area (Å²) in [5.74, 6) is -0.261. The number of rotatable bonds is 5. The number of nitrogens with zero attached hydrogens (tertiary/aromatic N) is 3. The van der Waals surface area contributed by atoms with Gasteiger partial charge in [-0.3, -0.25) is 4.79 Å². The van der Waals surface area contributed by atoms with Crippen LogP contribution in [-0.4, -0.2) is 50.4 Å². The van der Waals surface area contributed by atoms with E-state index in [0.717, 1.165) is 0 Å². The number of hydrogen-bond acceptors (Lipinski definition) is 7. The van der Waals surface area contributed by atoms with Crippen molar-refractivity contribution in [3.8, 4) is 11.5 Å². The van der Waals surface area contributed by atoms with Crippen LogP contribution >= 0.6 is 11.3 Å². The molecular formula is C24H20FN3O4S2. The average molecular weight is 498 g/mol. The third kappa shape index (κ3) is 4.22. The molecule has 0 radical (unpaired) electrons. The van der Waals surface area contributed by atoms with Crippen LogP contribution in [-0.2, 0) is 9.84 Å². The van der Waals surface area contributed by atoms with Crippen LogP contribution in [0, 0.1) is 5.82 Å². The minimum absolute atomic E-state index is 0.0450. The number of piperazine rings is 1. The number of hydrogen-bond donors (Lipinski definition) is 0. The molecule has 1 fully saturated rings. The van der Waals surface area contributed by atoms with Crippen LogP contribution in [0.4, 0.5) is 10.3 Å². The Morgan fingerprint density at radius 2 is 1.65 bits per heavy atom. The normalized spacial score (nSPS) is 14.4. The topological polar surface area (TPSA) is 83.7 Å². The number of benzene rings is 2. The molecule has 3 heterocycles. The van der Waals surface area contributed by atoms with Gasteiger partial charge in [0, 0.05) is 31.7 Å². The number of aromatic nitrogens is 1. The smallest absolute Gasteiger partial charge is 0.264 e. The van der Waals surface area contributed by atoms with E-state index in [4.69, 9.17) is 4.42 Å². The van der Waals surface area contributed by atoms with Crippen molar-refractivity contribution < 1.29 is 22.0 Å². The van der Waals surface area contributed by atoms with E-state index >= 15 is 0 Å². The second-order valence-electron chi connectivity index (χ2n) is 7.71. The number of carbonyl (C=O) groups is 1. The lowest BCUT2D eigenvalue weighted by molar-refractivity contribution is 0.0750. The third-order valence-electron chi connectivity index (χ3n) is 5.56. The molecule has 7 nitrogen and oxygen atoms in total. The summed E-state index contributed by atoms with van der Waals surface area (Å²) in [7, 11) is -3.98. The van der Waals surface area contributed by atoms with Gasteiger partial charge in [-0.1, -0.05) is 24.3 Å². The maximum Gasteiger partial charge on any atom is 0.264 e. The summed E-state index contributed by atoms with van der Waals surface area (Å²) in [6, 6.07) is 17.1. The Labute approximate surface area is 200 Å². The first-order chi connectivity index (χ1) is 16.4. The molecule has 4 aromatic rings. The molecule has 0 unspecified atom stereocenters. The number of thiophene rings is 1. The highest BCUT2D eigenvalue weighted by molar-refractivity contribution is 7.91. The van der Waals surface area contributed by atoms with Gasteiger partial charge in [-0.25, -0.2) is 12.8 Å². The molecule has 0 saturated carbocycles. The van der Waals surface area contributed by atoms with E-state index in [1.54, 1.807) is 34.1 Å². The summed E-state index contributed by atoms with van der Waals surface area (Å²) in [5.41, 5.74) is 0.462. The van der Waals surface area contributed by atoms with Crippen LogP contribution in [0.1, 0.15) is 9.67 Å². The van der Waals surface area contributed by atoms with Crippen molar-refractivity contribution in [1.82, 2.24) is 9.88 Å². The van der Waals surface area contributed by atoms with Gasteiger partial charge in [0.15, 0.2) is 0 Å². The summed E-state index contributed by atoms with van der Waals surface area (Å²) >= 11 is 1.39. The molecule has 174 valence electrons. The van der Waals surface area contributed by atoms with Gasteiger partial charge in [0.25, 0.3) is 5.91 Å². The van der Waals surface area contributed by atoms with Crippen LogP contribution in [0.5, 0.6) is 0 Å². The number of halogens is 1. The average Bonchev–Trinajstić information content (AvgIpc) is 3.56. The minimum Gasteiger partial charge on any atom is -0.419 e. The van der Waals surface area contributed by atoms with Gasteiger partial charge >= 0.3 is 0 Å². The van der Waals surface area contributed by atoms with E-state index in [1.165, 1.54) is 47.7 Å². The van der Waals surface area contributed by atoms with Gasteiger partial charge in [0.1, 0.15) is 5.82 Å². The Bertz CT molecular complexity index is 1390. The zero-order valence-corrected chi connectivity index (χ0v) is 19.6. The first-order valence-electron chi connectivity index (χ1n) is 10.6. The summed E-state index contributed by atoms with van der Waals surface area (Å²) in [6.07, 6.45) is 0. The van der Waals surface area contributed by atoms with E-state index in [9.17, 15) is 17.6 Å². The van der Waals surface area contributed by atoms with Gasteiger partial charge in [-0.05, 0) is 47.8 Å². The predicted molar refractivity (Wildman–Crippen MR) is 126 cm³/mol. The lowest BCUT2D eigenvalue weighted by Gasteiger charge is -2.34. The molecular weight excluding hydrogens is 477 g/mol. The Balaban J connectivity index is 1.48. The molecule has 0 spiro atoms. The molecule has 0 N–H and O–H groups in total. The highest BCUT2D eigenvalue weighted by Crippen LogP contribution is 2.35. The predicted octanol–water partition coefficient (Wildman–Crippen LogP) is 4.34. The number of oxazole rings is 1. The molecule has 10 heteroatoms. The maximum absolute atomic E-state index is 13.5. The van der Waals surface area contributed by atoms with E-state index in [0.29, 0.717) is 36.6 Å². The van der Waals surface area contributed by atoms with Gasteiger partial charge in [-0.2, -0.15) is 4.98 Å². The van der Waals surface area contributed by atoms with Crippen LogP contribution in [0.25, 0.3) is 11.5 Å². The highest BCUT2D eigenvalue weighted by Gasteiger charge is 2.33. The second kappa shape index (κ2) is 9.03. The number of anilines is 1. The monoisotopic (exact) mass is 497 g/mol. The molecule has 1 saturated heterocycles. The van der Waals surface area contributed by atoms with E-state index in [1.807, 2.05) is 11.4 Å². The first-order valence-corrected chi connectivity index (χ1v) is 12.9. The fraction of sp³-hybridized carbons (Fsp3) is 0.167. The van der Waals surface area contributed by atoms with E-state index < -0.39 is 15.7 Å². The molecule has 1 aliphatic rings. The van der Waals surface area contributed by atoms with Crippen molar-refractivity contribution in [2.45, 2.75) is 9.92 Å². The number of carbonyl (C=O) groups excluding carboxylic acids is 1. The van der Waals surface area contributed by atoms with Crippen molar-refractivity contribution in [2.24, 2.45) is 0 Å². The van der Waals surface area contributed by atoms with Gasteiger partial charge in [0.05, 0.1) is 9.77 Å². The SMILES string of the molecule is O=C(c1cccs1)N1CCN(c2oc(-c3ccc(F)cc3)nc2S(=O)(=O)c2ccccc2)CC1. The quantitative estimate of drug-likeness (QED) is 0.408. The fourth-order valence-electron chi connectivity index (χ4n) is 3.77. The molecule has 0 atom stereocenters. The van der Waals surface area contributed by atoms with E-state index in [-0.39, 0.29) is 27.6 Å². The largest absolute Gasteiger partial charge is 0.419 e. The van der Waals surface area contributed by atoms with Crippen LogP contribution in [0.2, 0.25) is 0 Å². The van der Waals surface area contributed by atoms with E-state index in [2.05, 4.69) is 4.98 Å². The molecule has 2 aromatic heterocycles. The van der Waals surface area contributed by atoms with Crippen molar-refractivity contribution in [1.29, 1.82) is 0 Å². The van der Waals surface area contributed by atoms with Crippen LogP contribution in [0.15, 0.2) is 86.4 Å². The second-order valence-corrected chi connectivity index (χ2v) is 10.5. The first kappa shape index (κ1) is 22.3. The maximum atomic E-state index is 13.5. The van der Waals surface area contributed by atoms with Crippen molar-refractivity contribution >= 4 is 33.0 Å². The lowest BCUT2D eigenvalue weighted by atomic mass is 10.2. The lowest BCUT2D eigenvalue weighted by Crippen LogP contribution is -2.48. The molecule has 34 heavy (non-hydrogen) atoms. The number of sulfone groups is 1. The van der Waals surface area contributed by atoms with Gasteiger partial charge in [0.2, 0.25) is 26.6 Å². The molecule has 1 aliphatic heterocycles. The highest BCUT2D eigenvalue weighted by atomic mass is 32.2. The Morgan fingerprint density at radius 1 is 0.941 bits per heavy atom. The van der Waals surface area contributed by atoms with Crippen LogP contribution < -0.4 is 4.90 Å². The molecule has 1 amide bonds. The molecule has 5 rings (SSSR count). The molecule has 0 aliphatic carbocycles. The summed E-state index contributed by atoms with van der Waals surface area (Å²) in [6.45, 7) is 1.58. The van der Waals surface area contributed by atoms with Crippen molar-refractivity contribution in [2.75, 3.05) is 31.1 Å². The number of amides is 1. The zero-order valence-electron chi connectivity index (χ0n) is 17.9. The molecule has 0 bridgehead atoms. The van der Waals surface area contributed by atoms with Crippen molar-refractivity contribution in [3.05, 3.63) is 82.8 Å². The Morgan fingerprint density at radius 3 is 2.29 bits per heavy atom. The molecule has 2 aromatic carbocycles. The van der Waals surface area contributed by atoms with Crippen molar-refractivity contribution in [3.63, 3.8) is 0 Å². The minimum atomic E-state index is -3.98. The fourth-order valence-corrected chi connectivity index (χ4v) is 5.80. The Kier molecular flexibility index (Phi) is 5.93. The summed E-state index contributed by atoms with van der Waals surface area (Å²) < 4.78 is 46.3. The standard InChI is InChI=1S/C24H20FN3O4S2/c25-18-10-8-17(9-11-18)21-26-22(34(30,31)19-5-2-1-3-6-19)24(32-21)28-14-12-27(13-15-28)23(29)20-7-4-16-33-20/h1-11,16H,12-15H2. The zero-order chi connectivity index (χ0) is 23.7. The Hall–Kier alpha value is -3.50. The summed E-state index contributed by atoms with van der Waals surface area (Å²) in [4.78, 5) is 21.3. The van der Waals surface area contributed by atoms with Crippen LogP contribution in [0.3, 0.4) is 0 Å². The third-order valence-corrected chi connectivity index (χ3v) is 8.09. The van der Waals surface area contributed by atoms with Gasteiger partial charge in [-0.15, -0.1) is 11.3 Å². The van der Waals surface area contributed by atoms with Gasteiger partial charge < -0.3 is 14.2 Å². The summed E-state index contributed by atoms with van der Waals surface area (Å²) in [5, 5.41) is 1.66.